The standard InChI is InChI=1S/C26H6F18N2S4/c27-19(28,23(35,36)37)21(31,32)25(41,42)45-9-6-8-10(5-7(9)15-13(45)17-11(49-15)1-3-47-17)46(14-16(8)50-12-2-4-48-18(12)14)26(43,44)22(33,34)20(29,30)24(38,39)40/h1-6H. The molecule has 24 heteroatoms. The molecule has 0 unspecified atom stereocenters. The Balaban J connectivity index is 1.66. The lowest BCUT2D eigenvalue weighted by Crippen LogP contribution is -2.61. The van der Waals surface area contributed by atoms with Crippen molar-refractivity contribution in [1.82, 2.24) is 9.13 Å². The van der Waals surface area contributed by atoms with Gasteiger partial charge in [-0.15, -0.1) is 45.3 Å². The SMILES string of the molecule is FC(F)(F)C(F)(F)C(F)(F)C(F)(F)n1c2cc3c4sc5ccsc5c4n(C(F)(F)C(F)(F)C(F)(F)C(F)(F)F)c3cc2c2sc3ccsc3c21. The van der Waals surface area contributed by atoms with Crippen LogP contribution >= 0.6 is 45.3 Å². The van der Waals surface area contributed by atoms with E-state index in [0.717, 1.165) is 0 Å². The average molecular weight is 817 g/mol. The lowest BCUT2D eigenvalue weighted by Gasteiger charge is -2.35. The number of rotatable bonds is 6. The normalized spacial score (nSPS) is 15.4. The second-order valence-electron chi connectivity index (χ2n) is 10.7. The molecule has 2 nitrogen and oxygen atoms in total. The highest BCUT2D eigenvalue weighted by Crippen LogP contribution is 2.60. The van der Waals surface area contributed by atoms with Crippen LogP contribution in [0, 0.1) is 0 Å². The zero-order chi connectivity index (χ0) is 37.2. The van der Waals surface area contributed by atoms with E-state index < -0.39 is 109 Å². The number of nitrogens with zero attached hydrogens (tertiary/aromatic N) is 2. The van der Waals surface area contributed by atoms with Crippen molar-refractivity contribution in [2.45, 2.75) is 48.1 Å². The fourth-order valence-corrected chi connectivity index (χ4v) is 10.3. The van der Waals surface area contributed by atoms with Crippen molar-refractivity contribution in [3.8, 4) is 0 Å². The highest BCUT2D eigenvalue weighted by molar-refractivity contribution is 7.33. The van der Waals surface area contributed by atoms with Crippen LogP contribution in [0.5, 0.6) is 0 Å². The summed E-state index contributed by atoms with van der Waals surface area (Å²) in [6.07, 6.45) is -14.5. The minimum absolute atomic E-state index is 0.0733. The van der Waals surface area contributed by atoms with E-state index >= 15 is 17.6 Å². The first-order valence-corrected chi connectivity index (χ1v) is 16.2. The van der Waals surface area contributed by atoms with Crippen LogP contribution in [-0.4, -0.2) is 45.2 Å². The van der Waals surface area contributed by atoms with Crippen LogP contribution in [0.15, 0.2) is 35.0 Å². The summed E-state index contributed by atoms with van der Waals surface area (Å²) in [6, 6.07) is -10.1. The van der Waals surface area contributed by atoms with Gasteiger partial charge in [-0.2, -0.15) is 79.0 Å². The van der Waals surface area contributed by atoms with E-state index in [-0.39, 0.29) is 21.5 Å². The zero-order valence-electron chi connectivity index (χ0n) is 22.8. The molecular formula is C26H6F18N2S4. The third-order valence-electron chi connectivity index (χ3n) is 7.89. The van der Waals surface area contributed by atoms with Crippen LogP contribution in [0.1, 0.15) is 0 Å². The number of halogens is 18. The summed E-state index contributed by atoms with van der Waals surface area (Å²) in [5.41, 5.74) is -4.85. The lowest BCUT2D eigenvalue weighted by molar-refractivity contribution is -0.412. The maximum atomic E-state index is 15.8. The predicted molar refractivity (Wildman–Crippen MR) is 151 cm³/mol. The maximum absolute atomic E-state index is 15.8. The van der Waals surface area contributed by atoms with Crippen molar-refractivity contribution >= 4 is 106 Å². The van der Waals surface area contributed by atoms with Crippen molar-refractivity contribution in [2.24, 2.45) is 0 Å². The summed E-state index contributed by atoms with van der Waals surface area (Å²) in [6.45, 7) is 0. The largest absolute Gasteiger partial charge is 0.460 e. The minimum atomic E-state index is -7.38. The smallest absolute Gasteiger partial charge is 0.273 e. The maximum Gasteiger partial charge on any atom is 0.460 e. The quantitative estimate of drug-likeness (QED) is 0.148. The van der Waals surface area contributed by atoms with E-state index in [9.17, 15) is 61.5 Å². The molecule has 0 saturated carbocycles. The van der Waals surface area contributed by atoms with E-state index in [1.165, 1.54) is 22.9 Å². The van der Waals surface area contributed by atoms with Gasteiger partial charge >= 0.3 is 48.1 Å². The molecular weight excluding hydrogens is 811 g/mol. The van der Waals surface area contributed by atoms with Crippen molar-refractivity contribution < 1.29 is 79.0 Å². The molecule has 0 bridgehead atoms. The molecule has 0 amide bonds. The topological polar surface area (TPSA) is 9.86 Å². The van der Waals surface area contributed by atoms with Gasteiger partial charge in [0.1, 0.15) is 0 Å². The first-order chi connectivity index (χ1) is 22.6. The molecule has 7 rings (SSSR count). The Morgan fingerprint density at radius 2 is 0.740 bits per heavy atom. The van der Waals surface area contributed by atoms with E-state index in [4.69, 9.17) is 0 Å². The van der Waals surface area contributed by atoms with E-state index in [1.54, 1.807) is 0 Å². The number of thiophene rings is 4. The van der Waals surface area contributed by atoms with Crippen molar-refractivity contribution in [3.05, 3.63) is 35.0 Å². The molecule has 50 heavy (non-hydrogen) atoms. The number of fused-ring (bicyclic) bond motifs is 10. The van der Waals surface area contributed by atoms with Gasteiger partial charge in [0.05, 0.1) is 40.9 Å². The third-order valence-corrected chi connectivity index (χ3v) is 12.3. The van der Waals surface area contributed by atoms with Gasteiger partial charge in [-0.05, 0) is 35.0 Å². The van der Waals surface area contributed by atoms with E-state index in [0.29, 0.717) is 45.3 Å². The van der Waals surface area contributed by atoms with Crippen LogP contribution in [0.2, 0.25) is 0 Å². The monoisotopic (exact) mass is 816 g/mol. The number of hydrogen-bond acceptors (Lipinski definition) is 4. The molecule has 270 valence electrons. The second-order valence-corrected chi connectivity index (χ2v) is 14.7. The van der Waals surface area contributed by atoms with Crippen molar-refractivity contribution in [2.75, 3.05) is 0 Å². The molecule has 0 N–H and O–H groups in total. The molecule has 0 fully saturated rings. The first kappa shape index (κ1) is 35.3. The summed E-state index contributed by atoms with van der Waals surface area (Å²) in [4.78, 5) is 0. The Hall–Kier alpha value is -3.12. The Bertz CT molecular complexity index is 2320. The number of hydrogen-bond donors (Lipinski definition) is 0. The molecule has 0 spiro atoms. The molecule has 0 saturated heterocycles. The van der Waals surface area contributed by atoms with Gasteiger partial charge in [0.25, 0.3) is 0 Å². The zero-order valence-corrected chi connectivity index (χ0v) is 26.1. The van der Waals surface area contributed by atoms with Gasteiger partial charge in [-0.1, -0.05) is 0 Å². The molecule has 1 aromatic carbocycles. The summed E-state index contributed by atoms with van der Waals surface area (Å²) in [5, 5.41) is 0.502. The first-order valence-electron chi connectivity index (χ1n) is 12.8. The van der Waals surface area contributed by atoms with Crippen LogP contribution in [0.25, 0.3) is 61.0 Å². The van der Waals surface area contributed by atoms with Crippen LogP contribution < -0.4 is 0 Å². The van der Waals surface area contributed by atoms with Gasteiger partial charge in [-0.25, -0.2) is 0 Å². The fraction of sp³-hybridized carbons (Fsp3) is 0.308. The Morgan fingerprint density at radius 1 is 0.420 bits per heavy atom. The number of aromatic nitrogens is 2. The van der Waals surface area contributed by atoms with Crippen molar-refractivity contribution in [1.29, 1.82) is 0 Å². The van der Waals surface area contributed by atoms with Gasteiger partial charge in [-0.3, -0.25) is 9.13 Å². The van der Waals surface area contributed by atoms with Gasteiger partial charge in [0.15, 0.2) is 0 Å². The van der Waals surface area contributed by atoms with E-state index in [2.05, 4.69) is 0 Å². The molecule has 7 aromatic rings. The molecule has 0 aliphatic carbocycles. The van der Waals surface area contributed by atoms with Gasteiger partial charge in [0.2, 0.25) is 0 Å². The summed E-state index contributed by atoms with van der Waals surface area (Å²) >= 11 is 1.82. The van der Waals surface area contributed by atoms with Crippen LogP contribution in [0.3, 0.4) is 0 Å². The Kier molecular flexibility index (Phi) is 6.95. The molecule has 0 radical (unpaired) electrons. The third kappa shape index (κ3) is 4.01. The lowest BCUT2D eigenvalue weighted by atomic mass is 10.1. The molecule has 0 aliphatic rings. The predicted octanol–water partition coefficient (Wildman–Crippen LogP) is 13.2. The molecule has 0 atom stereocenters. The van der Waals surface area contributed by atoms with Crippen molar-refractivity contribution in [3.63, 3.8) is 0 Å². The Labute approximate surface area is 277 Å². The summed E-state index contributed by atoms with van der Waals surface area (Å²) in [7, 11) is 0. The van der Waals surface area contributed by atoms with Crippen LogP contribution in [-0.2, 0) is 12.1 Å². The Morgan fingerprint density at radius 3 is 1.04 bits per heavy atom. The van der Waals surface area contributed by atoms with Crippen LogP contribution in [0.4, 0.5) is 79.0 Å². The van der Waals surface area contributed by atoms with Gasteiger partial charge < -0.3 is 0 Å². The minimum Gasteiger partial charge on any atom is -0.273 e. The summed E-state index contributed by atoms with van der Waals surface area (Å²) < 4.78 is 254. The second kappa shape index (κ2) is 9.85. The highest BCUT2D eigenvalue weighted by Gasteiger charge is 2.84. The number of alkyl halides is 18. The highest BCUT2D eigenvalue weighted by atomic mass is 32.1. The average Bonchev–Trinajstić information content (AvgIpc) is 3.79. The molecule has 6 aromatic heterocycles. The van der Waals surface area contributed by atoms with Gasteiger partial charge in [0, 0.05) is 20.2 Å². The van der Waals surface area contributed by atoms with E-state index in [1.807, 2.05) is 0 Å². The number of benzene rings is 1. The molecule has 6 heterocycles. The summed E-state index contributed by atoms with van der Waals surface area (Å²) in [5.74, 6) is -29.3. The molecule has 0 aliphatic heterocycles. The fourth-order valence-electron chi connectivity index (χ4n) is 5.54.